The van der Waals surface area contributed by atoms with Gasteiger partial charge in [0.2, 0.25) is 5.91 Å². The van der Waals surface area contributed by atoms with E-state index in [4.69, 9.17) is 16.3 Å². The fourth-order valence-corrected chi connectivity index (χ4v) is 4.77. The lowest BCUT2D eigenvalue weighted by atomic mass is 9.59. The van der Waals surface area contributed by atoms with Gasteiger partial charge >= 0.3 is 0 Å². The van der Waals surface area contributed by atoms with Crippen molar-refractivity contribution in [3.05, 3.63) is 64.2 Å². The zero-order valence-corrected chi connectivity index (χ0v) is 15.5. The minimum absolute atomic E-state index is 0.115. The average Bonchev–Trinajstić information content (AvgIpc) is 2.88. The van der Waals surface area contributed by atoms with Crippen LogP contribution in [0, 0.1) is 6.92 Å². The number of fused-ring (bicyclic) bond motifs is 2. The summed E-state index contributed by atoms with van der Waals surface area (Å²) in [7, 11) is 1.57. The van der Waals surface area contributed by atoms with Crippen LogP contribution in [0.25, 0.3) is 0 Å². The normalized spacial score (nSPS) is 27.5. The quantitative estimate of drug-likeness (QED) is 0.870. The van der Waals surface area contributed by atoms with Gasteiger partial charge in [-0.3, -0.25) is 9.59 Å². The molecule has 4 nitrogen and oxygen atoms in total. The number of carbonyl (C=O) groups excluding carboxylic acids is 2. The van der Waals surface area contributed by atoms with Gasteiger partial charge in [-0.25, -0.2) is 0 Å². The highest BCUT2D eigenvalue weighted by molar-refractivity contribution is 6.31. The predicted octanol–water partition coefficient (Wildman–Crippen LogP) is 4.00. The summed E-state index contributed by atoms with van der Waals surface area (Å²) in [6, 6.07) is 13.5. The number of hydrogen-bond acceptors (Lipinski definition) is 3. The molecule has 26 heavy (non-hydrogen) atoms. The number of ether oxygens (including phenoxy) is 1. The van der Waals surface area contributed by atoms with Crippen LogP contribution in [0.2, 0.25) is 5.02 Å². The molecule has 1 fully saturated rings. The van der Waals surface area contributed by atoms with E-state index >= 15 is 0 Å². The third-order valence-corrected chi connectivity index (χ3v) is 5.92. The summed E-state index contributed by atoms with van der Waals surface area (Å²) < 4.78 is 5.72. The molecule has 4 rings (SSSR count). The van der Waals surface area contributed by atoms with Crippen LogP contribution in [0.15, 0.2) is 42.5 Å². The number of rotatable bonds is 2. The fourth-order valence-electron chi connectivity index (χ4n) is 4.60. The first-order valence-corrected chi connectivity index (χ1v) is 9.07. The first kappa shape index (κ1) is 17.3. The number of halogens is 1. The summed E-state index contributed by atoms with van der Waals surface area (Å²) in [5.41, 5.74) is 2.71. The number of amides is 1. The van der Waals surface area contributed by atoms with Crippen molar-refractivity contribution < 1.29 is 14.3 Å². The minimum atomic E-state index is -0.934. The Morgan fingerprint density at radius 1 is 1.15 bits per heavy atom. The Kier molecular flexibility index (Phi) is 4.13. The van der Waals surface area contributed by atoms with Gasteiger partial charge in [-0.15, -0.1) is 0 Å². The summed E-state index contributed by atoms with van der Waals surface area (Å²) in [5, 5.41) is 3.54. The standard InChI is InChI=1S/C21H20ClNO3/c1-12-4-3-5-13(8-12)17-10-15(24)11-19(26-2)21(17)16-7-6-14(22)9-18(16)23-20(21)25/h3-9,17,19H,10-11H2,1-2H3,(H,23,25). The molecule has 1 aliphatic carbocycles. The van der Waals surface area contributed by atoms with E-state index < -0.39 is 11.5 Å². The van der Waals surface area contributed by atoms with Crippen molar-refractivity contribution in [2.24, 2.45) is 0 Å². The number of Topliss-reactive ketones (excluding diaryl/α,β-unsaturated/α-hetero) is 1. The second-order valence-corrected chi connectivity index (χ2v) is 7.59. The van der Waals surface area contributed by atoms with E-state index in [1.165, 1.54) is 0 Å². The molecule has 2 aromatic carbocycles. The average molecular weight is 370 g/mol. The topological polar surface area (TPSA) is 55.4 Å². The lowest BCUT2D eigenvalue weighted by Gasteiger charge is -2.44. The molecule has 0 bridgehead atoms. The van der Waals surface area contributed by atoms with Crippen LogP contribution in [-0.4, -0.2) is 24.9 Å². The number of anilines is 1. The predicted molar refractivity (Wildman–Crippen MR) is 101 cm³/mol. The molecule has 1 N–H and O–H groups in total. The van der Waals surface area contributed by atoms with Crippen LogP contribution < -0.4 is 5.32 Å². The van der Waals surface area contributed by atoms with Crippen LogP contribution in [-0.2, 0) is 19.7 Å². The molecule has 1 spiro atoms. The van der Waals surface area contributed by atoms with Crippen LogP contribution in [0.3, 0.4) is 0 Å². The third kappa shape index (κ3) is 2.40. The number of nitrogens with one attached hydrogen (secondary N) is 1. The molecule has 0 radical (unpaired) electrons. The van der Waals surface area contributed by atoms with Crippen LogP contribution >= 0.6 is 11.6 Å². The zero-order chi connectivity index (χ0) is 18.5. The Bertz CT molecular complexity index is 910. The first-order chi connectivity index (χ1) is 12.5. The Hall–Kier alpha value is -2.17. The van der Waals surface area contributed by atoms with Gasteiger partial charge in [-0.1, -0.05) is 47.5 Å². The second kappa shape index (κ2) is 6.22. The maximum Gasteiger partial charge on any atom is 0.238 e. The highest BCUT2D eigenvalue weighted by Gasteiger charge is 2.60. The van der Waals surface area contributed by atoms with E-state index in [1.807, 2.05) is 31.2 Å². The summed E-state index contributed by atoms with van der Waals surface area (Å²) in [5.74, 6) is -0.291. The maximum absolute atomic E-state index is 13.3. The molecule has 0 saturated heterocycles. The Labute approximate surface area is 157 Å². The molecule has 0 aromatic heterocycles. The van der Waals surface area contributed by atoms with Gasteiger partial charge in [0, 0.05) is 36.6 Å². The maximum atomic E-state index is 13.3. The number of methoxy groups -OCH3 is 1. The molecule has 2 aliphatic rings. The zero-order valence-electron chi connectivity index (χ0n) is 14.7. The van der Waals surface area contributed by atoms with Crippen molar-refractivity contribution in [2.45, 2.75) is 37.2 Å². The molecule has 1 aliphatic heterocycles. The van der Waals surface area contributed by atoms with Crippen molar-refractivity contribution >= 4 is 29.0 Å². The van der Waals surface area contributed by atoms with E-state index in [2.05, 4.69) is 11.4 Å². The van der Waals surface area contributed by atoms with Gasteiger partial charge in [0.05, 0.1) is 6.10 Å². The number of aryl methyl sites for hydroxylation is 1. The van der Waals surface area contributed by atoms with E-state index in [-0.39, 0.29) is 24.0 Å². The monoisotopic (exact) mass is 369 g/mol. The molecular formula is C21H20ClNO3. The molecule has 134 valence electrons. The lowest BCUT2D eigenvalue weighted by molar-refractivity contribution is -0.137. The van der Waals surface area contributed by atoms with Gasteiger partial charge in [-0.2, -0.15) is 0 Å². The lowest BCUT2D eigenvalue weighted by Crippen LogP contribution is -2.55. The van der Waals surface area contributed by atoms with Crippen LogP contribution in [0.1, 0.15) is 35.4 Å². The third-order valence-electron chi connectivity index (χ3n) is 5.68. The smallest absolute Gasteiger partial charge is 0.238 e. The summed E-state index contributed by atoms with van der Waals surface area (Å²) in [4.78, 5) is 25.8. The molecular weight excluding hydrogens is 350 g/mol. The highest BCUT2D eigenvalue weighted by Crippen LogP contribution is 2.55. The fraction of sp³-hybridized carbons (Fsp3) is 0.333. The van der Waals surface area contributed by atoms with Gasteiger partial charge in [0.15, 0.2) is 0 Å². The largest absolute Gasteiger partial charge is 0.379 e. The van der Waals surface area contributed by atoms with E-state index in [0.717, 1.165) is 16.7 Å². The summed E-state index contributed by atoms with van der Waals surface area (Å²) in [6.45, 7) is 2.01. The van der Waals surface area contributed by atoms with Crippen molar-refractivity contribution in [3.8, 4) is 0 Å². The highest BCUT2D eigenvalue weighted by atomic mass is 35.5. The molecule has 5 heteroatoms. The Morgan fingerprint density at radius 3 is 2.69 bits per heavy atom. The minimum Gasteiger partial charge on any atom is -0.379 e. The van der Waals surface area contributed by atoms with Gasteiger partial charge < -0.3 is 10.1 Å². The number of benzene rings is 2. The van der Waals surface area contributed by atoms with Crippen molar-refractivity contribution in [1.82, 2.24) is 0 Å². The van der Waals surface area contributed by atoms with Crippen molar-refractivity contribution in [3.63, 3.8) is 0 Å². The Balaban J connectivity index is 1.97. The molecule has 3 atom stereocenters. The Morgan fingerprint density at radius 2 is 1.96 bits per heavy atom. The SMILES string of the molecule is COC1CC(=O)CC(c2cccc(C)c2)C12C(=O)Nc1cc(Cl)ccc12. The molecule has 1 amide bonds. The molecule has 1 saturated carbocycles. The number of hydrogen-bond donors (Lipinski definition) is 1. The van der Waals surface area contributed by atoms with Crippen LogP contribution in [0.4, 0.5) is 5.69 Å². The number of ketones is 1. The van der Waals surface area contributed by atoms with Gasteiger partial charge in [0.25, 0.3) is 0 Å². The number of carbonyl (C=O) groups is 2. The van der Waals surface area contributed by atoms with E-state index in [9.17, 15) is 9.59 Å². The van der Waals surface area contributed by atoms with Crippen molar-refractivity contribution in [1.29, 1.82) is 0 Å². The second-order valence-electron chi connectivity index (χ2n) is 7.15. The van der Waals surface area contributed by atoms with E-state index in [1.54, 1.807) is 19.2 Å². The van der Waals surface area contributed by atoms with Crippen LogP contribution in [0.5, 0.6) is 0 Å². The summed E-state index contributed by atoms with van der Waals surface area (Å²) >= 11 is 6.13. The molecule has 3 unspecified atom stereocenters. The van der Waals surface area contributed by atoms with Gasteiger partial charge in [0.1, 0.15) is 11.2 Å². The van der Waals surface area contributed by atoms with Gasteiger partial charge in [-0.05, 0) is 30.2 Å². The van der Waals surface area contributed by atoms with Crippen molar-refractivity contribution in [2.75, 3.05) is 12.4 Å². The van der Waals surface area contributed by atoms with E-state index in [0.29, 0.717) is 17.1 Å². The first-order valence-electron chi connectivity index (χ1n) is 8.69. The molecule has 2 aromatic rings. The summed E-state index contributed by atoms with van der Waals surface area (Å²) in [6.07, 6.45) is 0.0318. The molecule has 1 heterocycles.